The number of benzene rings is 1. The molecule has 0 saturated heterocycles. The molecule has 0 aromatic heterocycles. The Hall–Kier alpha value is -2.02. The lowest BCUT2D eigenvalue weighted by Crippen LogP contribution is -2.51. The fourth-order valence-electron chi connectivity index (χ4n) is 1.95. The summed E-state index contributed by atoms with van der Waals surface area (Å²) in [6.07, 6.45) is 2.62. The molecular weight excluding hydrogens is 316 g/mol. The summed E-state index contributed by atoms with van der Waals surface area (Å²) in [5.41, 5.74) is 0.458. The van der Waals surface area contributed by atoms with Crippen molar-refractivity contribution in [3.05, 3.63) is 35.9 Å². The summed E-state index contributed by atoms with van der Waals surface area (Å²) in [4.78, 5) is 35.5. The molecule has 23 heavy (non-hydrogen) atoms. The van der Waals surface area contributed by atoms with E-state index in [1.54, 1.807) is 49.0 Å². The first-order chi connectivity index (χ1) is 11.0. The molecule has 0 aliphatic carbocycles. The summed E-state index contributed by atoms with van der Waals surface area (Å²) in [5, 5.41) is 14.2. The highest BCUT2D eigenvalue weighted by Gasteiger charge is 2.25. The molecule has 0 aliphatic rings. The van der Waals surface area contributed by atoms with Crippen LogP contribution in [0.15, 0.2) is 30.3 Å². The zero-order chi connectivity index (χ0) is 17.2. The van der Waals surface area contributed by atoms with Crippen LogP contribution in [-0.4, -0.2) is 47.0 Å². The summed E-state index contributed by atoms with van der Waals surface area (Å²) in [6.45, 7) is 1.68. The Balaban J connectivity index is 2.76. The number of hydrogen-bond donors (Lipinski definition) is 3. The van der Waals surface area contributed by atoms with Gasteiger partial charge in [0.25, 0.3) is 5.91 Å². The molecule has 1 aromatic carbocycles. The van der Waals surface area contributed by atoms with Crippen LogP contribution in [0.1, 0.15) is 30.1 Å². The van der Waals surface area contributed by atoms with E-state index in [2.05, 4.69) is 10.6 Å². The number of aliphatic carboxylic acids is 1. The van der Waals surface area contributed by atoms with E-state index in [9.17, 15) is 14.4 Å². The molecule has 7 heteroatoms. The number of amides is 2. The first-order valence-electron chi connectivity index (χ1n) is 7.37. The quantitative estimate of drug-likeness (QED) is 0.634. The molecular formula is C16H22N2O4S. The maximum absolute atomic E-state index is 12.3. The average Bonchev–Trinajstić information content (AvgIpc) is 2.56. The maximum Gasteiger partial charge on any atom is 0.326 e. The van der Waals surface area contributed by atoms with Crippen LogP contribution < -0.4 is 10.6 Å². The van der Waals surface area contributed by atoms with Gasteiger partial charge in [-0.3, -0.25) is 9.59 Å². The number of hydrogen-bond acceptors (Lipinski definition) is 4. The van der Waals surface area contributed by atoms with E-state index in [0.29, 0.717) is 17.7 Å². The first kappa shape index (κ1) is 19.0. The van der Waals surface area contributed by atoms with Crippen LogP contribution in [0, 0.1) is 0 Å². The summed E-state index contributed by atoms with van der Waals surface area (Å²) in [5.74, 6) is -1.23. The van der Waals surface area contributed by atoms with Crippen molar-refractivity contribution in [2.24, 2.45) is 0 Å². The lowest BCUT2D eigenvalue weighted by atomic mass is 10.1. The Kier molecular flexibility index (Phi) is 8.18. The van der Waals surface area contributed by atoms with E-state index in [4.69, 9.17) is 5.11 Å². The highest BCUT2D eigenvalue weighted by molar-refractivity contribution is 7.98. The smallest absolute Gasteiger partial charge is 0.326 e. The highest BCUT2D eigenvalue weighted by Crippen LogP contribution is 2.05. The van der Waals surface area contributed by atoms with Gasteiger partial charge in [-0.15, -0.1) is 0 Å². The third-order valence-electron chi connectivity index (χ3n) is 3.29. The summed E-state index contributed by atoms with van der Waals surface area (Å²) >= 11 is 1.55. The molecule has 0 saturated carbocycles. The van der Waals surface area contributed by atoms with Crippen molar-refractivity contribution in [2.75, 3.05) is 12.0 Å². The lowest BCUT2D eigenvalue weighted by Gasteiger charge is -2.20. The van der Waals surface area contributed by atoms with Crippen LogP contribution in [0.2, 0.25) is 0 Å². The minimum absolute atomic E-state index is 0.281. The molecule has 126 valence electrons. The number of carbonyl (C=O) groups excluding carboxylic acids is 2. The van der Waals surface area contributed by atoms with Crippen molar-refractivity contribution in [3.63, 3.8) is 0 Å². The maximum atomic E-state index is 12.3. The summed E-state index contributed by atoms with van der Waals surface area (Å²) in [6, 6.07) is 6.88. The van der Waals surface area contributed by atoms with Gasteiger partial charge >= 0.3 is 5.97 Å². The van der Waals surface area contributed by atoms with Gasteiger partial charge in [0.2, 0.25) is 5.91 Å². The molecule has 2 amide bonds. The second kappa shape index (κ2) is 9.89. The number of nitrogens with one attached hydrogen (secondary N) is 2. The van der Waals surface area contributed by atoms with Gasteiger partial charge in [0, 0.05) is 5.56 Å². The Morgan fingerprint density at radius 2 is 1.78 bits per heavy atom. The molecule has 2 unspecified atom stereocenters. The first-order valence-corrected chi connectivity index (χ1v) is 8.77. The second-order valence-electron chi connectivity index (χ2n) is 4.98. The van der Waals surface area contributed by atoms with Crippen LogP contribution in [0.4, 0.5) is 0 Å². The minimum atomic E-state index is -1.08. The Morgan fingerprint density at radius 1 is 1.13 bits per heavy atom. The van der Waals surface area contributed by atoms with E-state index in [0.717, 1.165) is 0 Å². The van der Waals surface area contributed by atoms with Gasteiger partial charge in [-0.2, -0.15) is 11.8 Å². The van der Waals surface area contributed by atoms with Crippen LogP contribution >= 0.6 is 11.8 Å². The van der Waals surface area contributed by atoms with Gasteiger partial charge in [0.15, 0.2) is 0 Å². The van der Waals surface area contributed by atoms with Gasteiger partial charge in [-0.25, -0.2) is 4.79 Å². The predicted molar refractivity (Wildman–Crippen MR) is 90.6 cm³/mol. The predicted octanol–water partition coefficient (Wildman–Crippen LogP) is 1.52. The van der Waals surface area contributed by atoms with Gasteiger partial charge < -0.3 is 15.7 Å². The average molecular weight is 338 g/mol. The van der Waals surface area contributed by atoms with E-state index in [-0.39, 0.29) is 12.3 Å². The SMILES string of the molecule is CCC(NC(=O)C(CCSC)NC(=O)c1ccccc1)C(=O)O. The standard InChI is InChI=1S/C16H22N2O4S/c1-3-12(16(21)22)17-15(20)13(9-10-23-2)18-14(19)11-7-5-4-6-8-11/h4-8,12-13H,3,9-10H2,1-2H3,(H,17,20)(H,18,19)(H,21,22). The van der Waals surface area contributed by atoms with Crippen molar-refractivity contribution in [1.82, 2.24) is 10.6 Å². The molecule has 2 atom stereocenters. The zero-order valence-corrected chi connectivity index (χ0v) is 14.1. The number of rotatable bonds is 9. The minimum Gasteiger partial charge on any atom is -0.480 e. The van der Waals surface area contributed by atoms with Crippen molar-refractivity contribution in [2.45, 2.75) is 31.8 Å². The van der Waals surface area contributed by atoms with E-state index >= 15 is 0 Å². The third kappa shape index (κ3) is 6.32. The summed E-state index contributed by atoms with van der Waals surface area (Å²) in [7, 11) is 0. The molecule has 0 heterocycles. The number of carboxylic acids is 1. The van der Waals surface area contributed by atoms with Crippen molar-refractivity contribution >= 4 is 29.5 Å². The van der Waals surface area contributed by atoms with Gasteiger partial charge in [0.1, 0.15) is 12.1 Å². The van der Waals surface area contributed by atoms with Gasteiger partial charge in [-0.1, -0.05) is 25.1 Å². The molecule has 0 spiro atoms. The van der Waals surface area contributed by atoms with E-state index < -0.39 is 24.0 Å². The highest BCUT2D eigenvalue weighted by atomic mass is 32.2. The second-order valence-corrected chi connectivity index (χ2v) is 5.97. The van der Waals surface area contributed by atoms with Gasteiger partial charge in [0.05, 0.1) is 0 Å². The van der Waals surface area contributed by atoms with Crippen molar-refractivity contribution in [1.29, 1.82) is 0 Å². The number of carboxylic acid groups (broad SMARTS) is 1. The monoisotopic (exact) mass is 338 g/mol. The largest absolute Gasteiger partial charge is 0.480 e. The summed E-state index contributed by atoms with van der Waals surface area (Å²) < 4.78 is 0. The fraction of sp³-hybridized carbons (Fsp3) is 0.438. The van der Waals surface area contributed by atoms with Gasteiger partial charge in [-0.05, 0) is 37.0 Å². The van der Waals surface area contributed by atoms with Crippen LogP contribution in [0.25, 0.3) is 0 Å². The van der Waals surface area contributed by atoms with E-state index in [1.807, 2.05) is 6.26 Å². The number of thioether (sulfide) groups is 1. The molecule has 1 rings (SSSR count). The third-order valence-corrected chi connectivity index (χ3v) is 3.94. The van der Waals surface area contributed by atoms with Crippen molar-refractivity contribution in [3.8, 4) is 0 Å². The Labute approximate surface area is 140 Å². The molecule has 0 aliphatic heterocycles. The van der Waals surface area contributed by atoms with Crippen molar-refractivity contribution < 1.29 is 19.5 Å². The fourth-order valence-corrected chi connectivity index (χ4v) is 2.42. The topological polar surface area (TPSA) is 95.5 Å². The molecule has 0 radical (unpaired) electrons. The number of carbonyl (C=O) groups is 3. The molecule has 0 bridgehead atoms. The lowest BCUT2D eigenvalue weighted by molar-refractivity contribution is -0.142. The Bertz CT molecular complexity index is 536. The molecule has 3 N–H and O–H groups in total. The normalized spacial score (nSPS) is 13.0. The van der Waals surface area contributed by atoms with Crippen LogP contribution in [0.3, 0.4) is 0 Å². The molecule has 0 fully saturated rings. The molecule has 6 nitrogen and oxygen atoms in total. The van der Waals surface area contributed by atoms with E-state index in [1.165, 1.54) is 0 Å². The zero-order valence-electron chi connectivity index (χ0n) is 13.2. The molecule has 1 aromatic rings. The van der Waals surface area contributed by atoms with Crippen LogP contribution in [-0.2, 0) is 9.59 Å². The Morgan fingerprint density at radius 3 is 2.30 bits per heavy atom. The van der Waals surface area contributed by atoms with Crippen LogP contribution in [0.5, 0.6) is 0 Å².